The van der Waals surface area contributed by atoms with E-state index in [2.05, 4.69) is 81.3 Å². The highest BCUT2D eigenvalue weighted by molar-refractivity contribution is 5.85. The van der Waals surface area contributed by atoms with E-state index in [0.717, 1.165) is 30.9 Å². The van der Waals surface area contributed by atoms with E-state index in [4.69, 9.17) is 0 Å². The van der Waals surface area contributed by atoms with E-state index in [9.17, 15) is 4.39 Å². The molecule has 0 amide bonds. The van der Waals surface area contributed by atoms with E-state index < -0.39 is 5.67 Å². The smallest absolute Gasteiger partial charge is 0.118 e. The standard InChI is InChI=1S/C16H21FN2.C14H19N3/c1-11-8-13-12-6-4-5-7-14(12)18-15(13)9-19(11)10-16(2,3)17;1-2-11-5-6-17(9-11)10-12-3-4-13-8-15-16-14(13)7-12/h4-7,11,18H,8-10H2,1-3H3;3-4,7-8,11H,2,5-6,9-10H2,1H3,(H,15,16). The molecule has 1 saturated heterocycles. The number of likely N-dealkylation sites (tertiary alicyclic amines) is 1. The van der Waals surface area contributed by atoms with Crippen LogP contribution in [0.4, 0.5) is 4.39 Å². The Balaban J connectivity index is 0.000000149. The molecular formula is C30H40FN5. The molecule has 2 aliphatic rings. The summed E-state index contributed by atoms with van der Waals surface area (Å²) in [6.45, 7) is 12.7. The van der Waals surface area contributed by atoms with Gasteiger partial charge >= 0.3 is 0 Å². The van der Waals surface area contributed by atoms with E-state index in [1.54, 1.807) is 13.8 Å². The molecule has 2 unspecified atom stereocenters. The monoisotopic (exact) mass is 489 g/mol. The molecule has 2 N–H and O–H groups in total. The summed E-state index contributed by atoms with van der Waals surface area (Å²) in [4.78, 5) is 8.28. The molecule has 0 saturated carbocycles. The highest BCUT2D eigenvalue weighted by atomic mass is 19.1. The van der Waals surface area contributed by atoms with Crippen LogP contribution in [-0.2, 0) is 19.5 Å². The van der Waals surface area contributed by atoms with Gasteiger partial charge in [-0.25, -0.2) is 4.39 Å². The Morgan fingerprint density at radius 2 is 1.97 bits per heavy atom. The first-order chi connectivity index (χ1) is 17.3. The zero-order valence-corrected chi connectivity index (χ0v) is 22.1. The molecule has 6 heteroatoms. The molecular weight excluding hydrogens is 449 g/mol. The van der Waals surface area contributed by atoms with Crippen LogP contribution in [0.1, 0.15) is 57.4 Å². The van der Waals surface area contributed by atoms with E-state index >= 15 is 0 Å². The minimum absolute atomic E-state index is 0.390. The molecule has 0 radical (unpaired) electrons. The Hall–Kier alpha value is -2.70. The number of H-pyrrole nitrogens is 2. The molecule has 192 valence electrons. The lowest BCUT2D eigenvalue weighted by Gasteiger charge is -2.36. The van der Waals surface area contributed by atoms with Crippen LogP contribution < -0.4 is 0 Å². The van der Waals surface area contributed by atoms with E-state index in [1.165, 1.54) is 59.0 Å². The second kappa shape index (κ2) is 10.3. The van der Waals surface area contributed by atoms with Crippen LogP contribution in [0.25, 0.3) is 21.8 Å². The maximum atomic E-state index is 13.9. The maximum absolute atomic E-state index is 13.9. The van der Waals surface area contributed by atoms with Crippen LogP contribution >= 0.6 is 0 Å². The first-order valence-corrected chi connectivity index (χ1v) is 13.4. The first kappa shape index (κ1) is 25.0. The number of aromatic amines is 2. The Morgan fingerprint density at radius 1 is 1.14 bits per heavy atom. The molecule has 6 rings (SSSR count). The van der Waals surface area contributed by atoms with Crippen LogP contribution in [-0.4, -0.2) is 56.3 Å². The minimum atomic E-state index is -1.14. The number of halogens is 1. The summed E-state index contributed by atoms with van der Waals surface area (Å²) >= 11 is 0. The zero-order valence-electron chi connectivity index (χ0n) is 22.1. The number of fused-ring (bicyclic) bond motifs is 4. The van der Waals surface area contributed by atoms with E-state index in [0.29, 0.717) is 12.6 Å². The second-order valence-corrected chi connectivity index (χ2v) is 11.4. The predicted octanol–water partition coefficient (Wildman–Crippen LogP) is 6.46. The average Bonchev–Trinajstić information content (AvgIpc) is 3.57. The van der Waals surface area contributed by atoms with E-state index in [-0.39, 0.29) is 0 Å². The summed E-state index contributed by atoms with van der Waals surface area (Å²) in [5.41, 5.74) is 5.26. The van der Waals surface area contributed by atoms with E-state index in [1.807, 2.05) is 6.20 Å². The molecule has 5 nitrogen and oxygen atoms in total. The van der Waals surface area contributed by atoms with Crippen molar-refractivity contribution in [1.29, 1.82) is 0 Å². The molecule has 1 fully saturated rings. The Morgan fingerprint density at radius 3 is 2.75 bits per heavy atom. The lowest BCUT2D eigenvalue weighted by Crippen LogP contribution is -2.44. The number of hydrogen-bond donors (Lipinski definition) is 2. The van der Waals surface area contributed by atoms with Crippen LogP contribution in [0.5, 0.6) is 0 Å². The Kier molecular flexibility index (Phi) is 7.18. The van der Waals surface area contributed by atoms with Gasteiger partial charge in [-0.15, -0.1) is 0 Å². The molecule has 0 bridgehead atoms. The van der Waals surface area contributed by atoms with Crippen molar-refractivity contribution < 1.29 is 4.39 Å². The molecule has 2 atom stereocenters. The minimum Gasteiger partial charge on any atom is -0.357 e. The maximum Gasteiger partial charge on any atom is 0.118 e. The highest BCUT2D eigenvalue weighted by Gasteiger charge is 2.30. The fourth-order valence-electron chi connectivity index (χ4n) is 5.83. The third-order valence-electron chi connectivity index (χ3n) is 7.83. The molecule has 36 heavy (non-hydrogen) atoms. The SMILES string of the molecule is CC1Cc2c([nH]c3ccccc23)CN1CC(C)(C)F.CCC1CCN(Cc2ccc3cn[nH]c3c2)C1. The van der Waals surface area contributed by atoms with Gasteiger partial charge in [0, 0.05) is 54.2 Å². The third kappa shape index (κ3) is 5.65. The van der Waals surface area contributed by atoms with Crippen molar-refractivity contribution in [2.45, 2.75) is 71.8 Å². The Bertz CT molecular complexity index is 1300. The van der Waals surface area contributed by atoms with Crippen molar-refractivity contribution in [3.05, 3.63) is 65.5 Å². The summed E-state index contributed by atoms with van der Waals surface area (Å²) in [6.07, 6.45) is 5.55. The van der Waals surface area contributed by atoms with Gasteiger partial charge in [-0.05, 0) is 69.3 Å². The number of aromatic nitrogens is 3. The molecule has 4 aromatic rings. The topological polar surface area (TPSA) is 51.0 Å². The van der Waals surface area contributed by atoms with Crippen molar-refractivity contribution >= 4 is 21.8 Å². The number of rotatable bonds is 5. The molecule has 2 aromatic heterocycles. The third-order valence-corrected chi connectivity index (χ3v) is 7.83. The first-order valence-electron chi connectivity index (χ1n) is 13.4. The fourth-order valence-corrected chi connectivity index (χ4v) is 5.83. The summed E-state index contributed by atoms with van der Waals surface area (Å²) < 4.78 is 13.9. The van der Waals surface area contributed by atoms with Crippen molar-refractivity contribution in [2.75, 3.05) is 19.6 Å². The number of benzene rings is 2. The van der Waals surface area contributed by atoms with Crippen LogP contribution in [0.15, 0.2) is 48.7 Å². The molecule has 2 aliphatic heterocycles. The van der Waals surface area contributed by atoms with Gasteiger partial charge in [0.1, 0.15) is 5.67 Å². The summed E-state index contributed by atoms with van der Waals surface area (Å²) in [5.74, 6) is 0.908. The predicted molar refractivity (Wildman–Crippen MR) is 147 cm³/mol. The largest absolute Gasteiger partial charge is 0.357 e. The molecule has 4 heterocycles. The number of hydrogen-bond acceptors (Lipinski definition) is 3. The molecule has 0 aliphatic carbocycles. The normalized spacial score (nSPS) is 21.0. The summed E-state index contributed by atoms with van der Waals surface area (Å²) in [7, 11) is 0. The van der Waals surface area contributed by atoms with Gasteiger partial charge in [0.25, 0.3) is 0 Å². The summed E-state index contributed by atoms with van der Waals surface area (Å²) in [5, 5.41) is 9.62. The van der Waals surface area contributed by atoms with Gasteiger partial charge in [0.2, 0.25) is 0 Å². The quantitative estimate of drug-likeness (QED) is 0.338. The van der Waals surface area contributed by atoms with Gasteiger partial charge in [-0.3, -0.25) is 14.9 Å². The molecule has 2 aromatic carbocycles. The number of nitrogens with one attached hydrogen (secondary N) is 2. The van der Waals surface area contributed by atoms with Crippen molar-refractivity contribution in [1.82, 2.24) is 25.0 Å². The van der Waals surface area contributed by atoms with Crippen LogP contribution in [0, 0.1) is 5.92 Å². The lowest BCUT2D eigenvalue weighted by atomic mass is 9.96. The van der Waals surface area contributed by atoms with Gasteiger partial charge in [-0.2, -0.15) is 5.10 Å². The van der Waals surface area contributed by atoms with Crippen LogP contribution in [0.3, 0.4) is 0 Å². The van der Waals surface area contributed by atoms with Crippen molar-refractivity contribution in [2.24, 2.45) is 5.92 Å². The summed E-state index contributed by atoms with van der Waals surface area (Å²) in [6, 6.07) is 15.4. The second-order valence-electron chi connectivity index (χ2n) is 11.4. The van der Waals surface area contributed by atoms with Gasteiger partial charge in [0.15, 0.2) is 0 Å². The van der Waals surface area contributed by atoms with Crippen molar-refractivity contribution in [3.8, 4) is 0 Å². The van der Waals surface area contributed by atoms with Gasteiger partial charge in [0.05, 0.1) is 11.7 Å². The number of nitrogens with zero attached hydrogens (tertiary/aromatic N) is 3. The average molecular weight is 490 g/mol. The van der Waals surface area contributed by atoms with Gasteiger partial charge < -0.3 is 4.98 Å². The molecule has 0 spiro atoms. The number of alkyl halides is 1. The zero-order chi connectivity index (χ0) is 25.3. The van der Waals surface area contributed by atoms with Crippen LogP contribution in [0.2, 0.25) is 0 Å². The van der Waals surface area contributed by atoms with Crippen molar-refractivity contribution in [3.63, 3.8) is 0 Å². The highest BCUT2D eigenvalue weighted by Crippen LogP contribution is 2.31. The Labute approximate surface area is 214 Å². The fraction of sp³-hybridized carbons (Fsp3) is 0.500. The lowest BCUT2D eigenvalue weighted by molar-refractivity contribution is 0.0853. The van der Waals surface area contributed by atoms with Gasteiger partial charge in [-0.1, -0.05) is 43.7 Å². The number of para-hydroxylation sites is 1.